The molecule has 1 aromatic carbocycles. The zero-order valence-electron chi connectivity index (χ0n) is 25.2. The lowest BCUT2D eigenvalue weighted by Gasteiger charge is -2.29. The number of fused-ring (bicyclic) bond motifs is 2. The van der Waals surface area contributed by atoms with Gasteiger partial charge in [-0.2, -0.15) is 0 Å². The van der Waals surface area contributed by atoms with Gasteiger partial charge in [0.25, 0.3) is 11.8 Å². The summed E-state index contributed by atoms with van der Waals surface area (Å²) in [6.45, 7) is 0.889. The number of ether oxygens (including phenoxy) is 1. The molecule has 10 nitrogen and oxygen atoms in total. The highest BCUT2D eigenvalue weighted by atomic mass is 35.5. The Morgan fingerprint density at radius 1 is 1.00 bits per heavy atom. The van der Waals surface area contributed by atoms with E-state index in [1.54, 1.807) is 23.1 Å². The van der Waals surface area contributed by atoms with E-state index in [4.69, 9.17) is 27.9 Å². The second-order valence-corrected chi connectivity index (χ2v) is 13.9. The van der Waals surface area contributed by atoms with Crippen LogP contribution in [0.5, 0.6) is 0 Å². The first-order valence-electron chi connectivity index (χ1n) is 16.2. The van der Waals surface area contributed by atoms with Gasteiger partial charge in [0.05, 0.1) is 23.8 Å². The molecule has 0 spiro atoms. The third-order valence-corrected chi connectivity index (χ3v) is 10.7. The number of ketones is 2. The van der Waals surface area contributed by atoms with Gasteiger partial charge in [0.15, 0.2) is 0 Å². The van der Waals surface area contributed by atoms with Crippen LogP contribution in [0, 0.1) is 17.8 Å². The Hall–Kier alpha value is -2.95. The molecule has 1 saturated heterocycles. The second kappa shape index (κ2) is 13.8. The van der Waals surface area contributed by atoms with Gasteiger partial charge in [-0.3, -0.25) is 24.0 Å². The highest BCUT2D eigenvalue weighted by Crippen LogP contribution is 2.43. The largest absolute Gasteiger partial charge is 0.376 e. The number of hydrogen-bond acceptors (Lipinski definition) is 6. The van der Waals surface area contributed by atoms with Gasteiger partial charge < -0.3 is 25.3 Å². The molecular weight excluding hydrogens is 619 g/mol. The third kappa shape index (κ3) is 6.93. The Labute approximate surface area is 272 Å². The van der Waals surface area contributed by atoms with Gasteiger partial charge in [-0.15, -0.1) is 0 Å². The molecule has 4 aliphatic rings. The zero-order valence-corrected chi connectivity index (χ0v) is 26.8. The first-order valence-corrected chi connectivity index (χ1v) is 17.0. The zero-order chi connectivity index (χ0) is 31.7. The van der Waals surface area contributed by atoms with Crippen LogP contribution in [0.15, 0.2) is 18.2 Å². The Kier molecular flexibility index (Phi) is 9.82. The molecule has 12 heteroatoms. The molecule has 3 saturated carbocycles. The molecule has 6 rings (SSSR count). The fourth-order valence-electron chi connectivity index (χ4n) is 7.88. The van der Waals surface area contributed by atoms with E-state index in [9.17, 15) is 24.0 Å². The predicted molar refractivity (Wildman–Crippen MR) is 169 cm³/mol. The minimum atomic E-state index is -1.17. The number of nitrogens with zero attached hydrogens (tertiary/aromatic N) is 1. The molecule has 0 radical (unpaired) electrons. The summed E-state index contributed by atoms with van der Waals surface area (Å²) in [5, 5.41) is 6.96. The number of hydrogen-bond donors (Lipinski definition) is 3. The van der Waals surface area contributed by atoms with Gasteiger partial charge in [0.2, 0.25) is 11.7 Å². The van der Waals surface area contributed by atoms with Crippen LogP contribution >= 0.6 is 23.2 Å². The van der Waals surface area contributed by atoms with Gasteiger partial charge in [-0.25, -0.2) is 0 Å². The van der Waals surface area contributed by atoms with Crippen LogP contribution in [0.2, 0.25) is 10.0 Å². The molecule has 3 aliphatic carbocycles. The average molecular weight is 660 g/mol. The molecule has 1 aliphatic heterocycles. The van der Waals surface area contributed by atoms with Crippen LogP contribution in [0.3, 0.4) is 0 Å². The van der Waals surface area contributed by atoms with Crippen LogP contribution < -0.4 is 10.6 Å². The van der Waals surface area contributed by atoms with Crippen molar-refractivity contribution in [3.63, 3.8) is 0 Å². The molecule has 242 valence electrons. The van der Waals surface area contributed by atoms with E-state index in [2.05, 4.69) is 15.6 Å². The minimum absolute atomic E-state index is 0.0403. The highest BCUT2D eigenvalue weighted by molar-refractivity contribution is 6.39. The van der Waals surface area contributed by atoms with Crippen molar-refractivity contribution in [1.29, 1.82) is 0 Å². The van der Waals surface area contributed by atoms with Crippen molar-refractivity contribution in [3.05, 3.63) is 33.9 Å². The number of rotatable bonds is 11. The molecule has 45 heavy (non-hydrogen) atoms. The second-order valence-electron chi connectivity index (χ2n) is 13.0. The lowest BCUT2D eigenvalue weighted by atomic mass is 9.91. The van der Waals surface area contributed by atoms with Crippen molar-refractivity contribution in [2.75, 3.05) is 19.7 Å². The van der Waals surface area contributed by atoms with Gasteiger partial charge in [-0.05, 0) is 75.0 Å². The van der Waals surface area contributed by atoms with Gasteiger partial charge in [-0.1, -0.05) is 42.5 Å². The molecular formula is C33H40Cl2N4O6. The third-order valence-electron chi connectivity index (χ3n) is 10.2. The molecule has 3 amide bonds. The molecule has 3 N–H and O–H groups in total. The molecule has 5 unspecified atom stereocenters. The molecule has 5 atom stereocenters. The Balaban J connectivity index is 1.18. The number of carbonyl (C=O) groups is 5. The summed E-state index contributed by atoms with van der Waals surface area (Å²) in [4.78, 5) is 71.6. The normalized spacial score (nSPS) is 25.6. The molecule has 0 bridgehead atoms. The van der Waals surface area contributed by atoms with E-state index in [1.807, 2.05) is 0 Å². The van der Waals surface area contributed by atoms with E-state index >= 15 is 0 Å². The molecule has 2 heterocycles. The maximum atomic E-state index is 14.1. The van der Waals surface area contributed by atoms with Crippen molar-refractivity contribution >= 4 is 63.4 Å². The number of halogens is 2. The quantitative estimate of drug-likeness (QED) is 0.238. The maximum Gasteiger partial charge on any atom is 0.289 e. The number of benzene rings is 1. The summed E-state index contributed by atoms with van der Waals surface area (Å²) in [6.07, 6.45) is 8.91. The van der Waals surface area contributed by atoms with E-state index in [0.29, 0.717) is 46.9 Å². The average Bonchev–Trinajstić information content (AvgIpc) is 3.83. The number of aromatic amines is 1. The van der Waals surface area contributed by atoms with Crippen LogP contribution in [-0.4, -0.2) is 77.1 Å². The lowest BCUT2D eigenvalue weighted by Crippen LogP contribution is -2.55. The van der Waals surface area contributed by atoms with Crippen LogP contribution in [0.1, 0.15) is 81.1 Å². The van der Waals surface area contributed by atoms with Crippen molar-refractivity contribution < 1.29 is 28.7 Å². The van der Waals surface area contributed by atoms with Crippen LogP contribution in [0.25, 0.3) is 10.9 Å². The van der Waals surface area contributed by atoms with Crippen molar-refractivity contribution in [1.82, 2.24) is 20.5 Å². The monoisotopic (exact) mass is 658 g/mol. The summed E-state index contributed by atoms with van der Waals surface area (Å²) in [5.74, 6) is -2.70. The van der Waals surface area contributed by atoms with Gasteiger partial charge >= 0.3 is 0 Å². The summed E-state index contributed by atoms with van der Waals surface area (Å²) in [5.41, 5.74) is 0.901. The highest BCUT2D eigenvalue weighted by Gasteiger charge is 2.50. The van der Waals surface area contributed by atoms with Crippen molar-refractivity contribution in [2.45, 2.75) is 88.8 Å². The molecule has 4 fully saturated rings. The lowest BCUT2D eigenvalue weighted by molar-refractivity contribution is -0.141. The number of likely N-dealkylation sites (tertiary alicyclic amines) is 1. The van der Waals surface area contributed by atoms with Crippen molar-refractivity contribution in [3.8, 4) is 0 Å². The first-order chi connectivity index (χ1) is 21.7. The summed E-state index contributed by atoms with van der Waals surface area (Å²) in [6, 6.07) is 2.97. The summed E-state index contributed by atoms with van der Waals surface area (Å²) >= 11 is 12.5. The number of nitrogens with one attached hydrogen (secondary N) is 3. The fraction of sp³-hybridized carbons (Fsp3) is 0.606. The van der Waals surface area contributed by atoms with Crippen LogP contribution in [0.4, 0.5) is 0 Å². The van der Waals surface area contributed by atoms with E-state index in [0.717, 1.165) is 51.4 Å². The SMILES string of the molecule is O=C(NCCOC1CCCC1)C(=O)C(CC1CCCC1=O)NC(=O)C1C2CCCC2CN1C(=O)c1cc2c(Cl)cc(Cl)cc2[nH]1. The number of H-pyrrole nitrogens is 1. The van der Waals surface area contributed by atoms with Gasteiger partial charge in [0, 0.05) is 41.4 Å². The number of aromatic nitrogens is 1. The minimum Gasteiger partial charge on any atom is -0.376 e. The number of Topliss-reactive ketones (excluding diaryl/α,β-unsaturated/α-hetero) is 2. The van der Waals surface area contributed by atoms with Gasteiger partial charge in [0.1, 0.15) is 17.5 Å². The Morgan fingerprint density at radius 3 is 2.56 bits per heavy atom. The number of amides is 3. The van der Waals surface area contributed by atoms with E-state index in [1.165, 1.54) is 0 Å². The maximum absolute atomic E-state index is 14.1. The summed E-state index contributed by atoms with van der Waals surface area (Å²) < 4.78 is 5.80. The molecule has 2 aromatic rings. The number of carbonyl (C=O) groups excluding carboxylic acids is 5. The van der Waals surface area contributed by atoms with E-state index in [-0.39, 0.29) is 48.3 Å². The standard InChI is InChI=1S/C33H40Cl2N4O6/c34-20-14-24(35)23-16-27(37-25(23)15-20)33(44)39-17-19-6-3-9-22(19)29(39)31(42)38-26(13-18-5-4-10-28(18)40)30(41)32(43)36-11-12-45-21-7-1-2-8-21/h14-16,18-19,21-22,26,29,37H,1-13,17H2,(H,36,43)(H,38,42). The van der Waals surface area contributed by atoms with Crippen molar-refractivity contribution in [2.24, 2.45) is 17.8 Å². The first kappa shape index (κ1) is 32.0. The summed E-state index contributed by atoms with van der Waals surface area (Å²) in [7, 11) is 0. The predicted octanol–water partition coefficient (Wildman–Crippen LogP) is 4.60. The fourth-order valence-corrected chi connectivity index (χ4v) is 8.43. The molecule has 1 aromatic heterocycles. The van der Waals surface area contributed by atoms with Crippen LogP contribution in [-0.2, 0) is 23.9 Å². The Bertz CT molecular complexity index is 1490. The smallest absolute Gasteiger partial charge is 0.289 e. The topological polar surface area (TPSA) is 138 Å². The van der Waals surface area contributed by atoms with E-state index < -0.39 is 35.6 Å². The Morgan fingerprint density at radius 2 is 1.80 bits per heavy atom.